The zero-order valence-corrected chi connectivity index (χ0v) is 15.8. The summed E-state index contributed by atoms with van der Waals surface area (Å²) < 4.78 is 5.97. The molecule has 7 nitrogen and oxygen atoms in total. The molecule has 8 heteroatoms. The van der Waals surface area contributed by atoms with Gasteiger partial charge in [0.15, 0.2) is 0 Å². The smallest absolute Gasteiger partial charge is 0.270 e. The molecule has 4 rings (SSSR count). The van der Waals surface area contributed by atoms with Crippen LogP contribution in [0, 0.1) is 10.1 Å². The molecule has 1 unspecified atom stereocenters. The molecule has 1 aromatic heterocycles. The Morgan fingerprint density at radius 3 is 2.78 bits per heavy atom. The SMILES string of the molecule is O=[N+]([O-])c1ccc(-c2ccc(CN3CCC(N4CCNCC4)C3)o2)c(Cl)c1. The van der Waals surface area contributed by atoms with Crippen molar-refractivity contribution >= 4 is 17.3 Å². The number of furan rings is 1. The molecular weight excluding hydrogens is 368 g/mol. The number of nitro groups is 1. The van der Waals surface area contributed by atoms with Crippen LogP contribution in [0.5, 0.6) is 0 Å². The number of benzene rings is 1. The van der Waals surface area contributed by atoms with Crippen molar-refractivity contribution in [1.82, 2.24) is 15.1 Å². The largest absolute Gasteiger partial charge is 0.460 e. The van der Waals surface area contributed by atoms with Crippen LogP contribution >= 0.6 is 11.6 Å². The summed E-state index contributed by atoms with van der Waals surface area (Å²) in [5.74, 6) is 1.53. The lowest BCUT2D eigenvalue weighted by molar-refractivity contribution is -0.384. The van der Waals surface area contributed by atoms with Gasteiger partial charge in [0, 0.05) is 63.0 Å². The zero-order chi connectivity index (χ0) is 18.8. The number of hydrogen-bond acceptors (Lipinski definition) is 6. The predicted octanol–water partition coefficient (Wildman–Crippen LogP) is 2.99. The third-order valence-electron chi connectivity index (χ3n) is 5.39. The van der Waals surface area contributed by atoms with Gasteiger partial charge in [0.2, 0.25) is 0 Å². The minimum atomic E-state index is -0.453. The Morgan fingerprint density at radius 1 is 1.22 bits per heavy atom. The van der Waals surface area contributed by atoms with Gasteiger partial charge in [0.1, 0.15) is 11.5 Å². The Morgan fingerprint density at radius 2 is 2.04 bits per heavy atom. The van der Waals surface area contributed by atoms with Gasteiger partial charge in [-0.1, -0.05) is 11.6 Å². The monoisotopic (exact) mass is 390 g/mol. The first-order valence-electron chi connectivity index (χ1n) is 9.30. The van der Waals surface area contributed by atoms with Crippen molar-refractivity contribution in [2.45, 2.75) is 19.0 Å². The summed E-state index contributed by atoms with van der Waals surface area (Å²) in [7, 11) is 0. The van der Waals surface area contributed by atoms with E-state index in [0.29, 0.717) is 22.4 Å². The van der Waals surface area contributed by atoms with Gasteiger partial charge in [0.05, 0.1) is 16.5 Å². The molecule has 0 saturated carbocycles. The van der Waals surface area contributed by atoms with Crippen LogP contribution in [0.2, 0.25) is 5.02 Å². The highest BCUT2D eigenvalue weighted by Gasteiger charge is 2.28. The standard InChI is InChI=1S/C19H23ClN4O3/c20-18-11-14(24(25)26)1-3-17(18)19-4-2-16(27-19)13-22-8-5-15(12-22)23-9-6-21-7-10-23/h1-4,11,15,21H,5-10,12-13H2. The molecule has 3 heterocycles. The van der Waals surface area contributed by atoms with E-state index in [2.05, 4.69) is 15.1 Å². The summed E-state index contributed by atoms with van der Waals surface area (Å²) in [5.41, 5.74) is 0.653. The Kier molecular flexibility index (Phi) is 5.45. The molecule has 2 saturated heterocycles. The van der Waals surface area contributed by atoms with E-state index in [-0.39, 0.29) is 5.69 Å². The van der Waals surface area contributed by atoms with E-state index >= 15 is 0 Å². The number of nitrogens with zero attached hydrogens (tertiary/aromatic N) is 3. The van der Waals surface area contributed by atoms with E-state index in [1.54, 1.807) is 6.07 Å². The second-order valence-corrected chi connectivity index (χ2v) is 7.56. The minimum Gasteiger partial charge on any atom is -0.460 e. The first-order chi connectivity index (χ1) is 13.1. The second kappa shape index (κ2) is 7.98. The van der Waals surface area contributed by atoms with Gasteiger partial charge in [-0.25, -0.2) is 0 Å². The van der Waals surface area contributed by atoms with Crippen molar-refractivity contribution < 1.29 is 9.34 Å². The maximum Gasteiger partial charge on any atom is 0.270 e. The van der Waals surface area contributed by atoms with E-state index in [0.717, 1.165) is 51.6 Å². The first-order valence-corrected chi connectivity index (χ1v) is 9.68. The van der Waals surface area contributed by atoms with E-state index in [4.69, 9.17) is 16.0 Å². The summed E-state index contributed by atoms with van der Waals surface area (Å²) in [6.07, 6.45) is 1.20. The number of likely N-dealkylation sites (tertiary alicyclic amines) is 1. The Hall–Kier alpha value is -1.93. The number of nitrogens with one attached hydrogen (secondary N) is 1. The minimum absolute atomic E-state index is 0.0217. The van der Waals surface area contributed by atoms with Crippen molar-refractivity contribution in [3.63, 3.8) is 0 Å². The van der Waals surface area contributed by atoms with Crippen molar-refractivity contribution in [2.24, 2.45) is 0 Å². The van der Waals surface area contributed by atoms with Crippen molar-refractivity contribution in [3.8, 4) is 11.3 Å². The topological polar surface area (TPSA) is 74.8 Å². The summed E-state index contributed by atoms with van der Waals surface area (Å²) in [4.78, 5) is 15.4. The highest BCUT2D eigenvalue weighted by molar-refractivity contribution is 6.33. The molecular formula is C19H23ClN4O3. The van der Waals surface area contributed by atoms with Crippen LogP contribution in [0.1, 0.15) is 12.2 Å². The van der Waals surface area contributed by atoms with Crippen LogP contribution < -0.4 is 5.32 Å². The Bertz CT molecular complexity index is 819. The molecule has 0 bridgehead atoms. The summed E-state index contributed by atoms with van der Waals surface area (Å²) in [5, 5.41) is 14.6. The molecule has 2 aliphatic heterocycles. The molecule has 0 spiro atoms. The second-order valence-electron chi connectivity index (χ2n) is 7.15. The van der Waals surface area contributed by atoms with Crippen molar-refractivity contribution in [3.05, 3.63) is 51.2 Å². The lowest BCUT2D eigenvalue weighted by atomic mass is 10.1. The highest BCUT2D eigenvalue weighted by atomic mass is 35.5. The molecule has 2 aliphatic rings. The maximum absolute atomic E-state index is 10.9. The number of halogens is 1. The molecule has 144 valence electrons. The van der Waals surface area contributed by atoms with Crippen molar-refractivity contribution in [2.75, 3.05) is 39.3 Å². The fourth-order valence-corrected chi connectivity index (χ4v) is 4.21. The molecule has 0 aliphatic carbocycles. The van der Waals surface area contributed by atoms with Gasteiger partial charge in [0.25, 0.3) is 5.69 Å². The average molecular weight is 391 g/mol. The van der Waals surface area contributed by atoms with Crippen LogP contribution in [0.15, 0.2) is 34.7 Å². The van der Waals surface area contributed by atoms with E-state index in [1.165, 1.54) is 18.6 Å². The molecule has 2 aromatic rings. The molecule has 0 radical (unpaired) electrons. The molecule has 1 aromatic carbocycles. The van der Waals surface area contributed by atoms with E-state index in [9.17, 15) is 10.1 Å². The summed E-state index contributed by atoms with van der Waals surface area (Å²) >= 11 is 6.21. The summed E-state index contributed by atoms with van der Waals surface area (Å²) in [6, 6.07) is 8.92. The first kappa shape index (κ1) is 18.4. The fourth-order valence-electron chi connectivity index (χ4n) is 3.95. The number of non-ortho nitro benzene ring substituents is 1. The van der Waals surface area contributed by atoms with Gasteiger partial charge in [-0.15, -0.1) is 0 Å². The van der Waals surface area contributed by atoms with Gasteiger partial charge in [-0.3, -0.25) is 19.9 Å². The van der Waals surface area contributed by atoms with Gasteiger partial charge < -0.3 is 9.73 Å². The van der Waals surface area contributed by atoms with Crippen LogP contribution in [-0.2, 0) is 6.54 Å². The number of rotatable bonds is 5. The Balaban J connectivity index is 1.39. The van der Waals surface area contributed by atoms with Crippen molar-refractivity contribution in [1.29, 1.82) is 0 Å². The zero-order valence-electron chi connectivity index (χ0n) is 15.1. The van der Waals surface area contributed by atoms with E-state index < -0.39 is 4.92 Å². The molecule has 27 heavy (non-hydrogen) atoms. The quantitative estimate of drug-likeness (QED) is 0.625. The van der Waals surface area contributed by atoms with Crippen LogP contribution in [-0.4, -0.2) is 60.0 Å². The van der Waals surface area contributed by atoms with Crippen LogP contribution in [0.25, 0.3) is 11.3 Å². The average Bonchev–Trinajstić information content (AvgIpc) is 3.32. The number of piperazine rings is 1. The molecule has 1 N–H and O–H groups in total. The van der Waals surface area contributed by atoms with Crippen LogP contribution in [0.3, 0.4) is 0 Å². The van der Waals surface area contributed by atoms with Crippen LogP contribution in [0.4, 0.5) is 5.69 Å². The normalized spacial score (nSPS) is 21.6. The number of hydrogen-bond donors (Lipinski definition) is 1. The van der Waals surface area contributed by atoms with Gasteiger partial charge in [-0.2, -0.15) is 0 Å². The Labute approximate surface area is 163 Å². The molecule has 0 amide bonds. The number of nitro benzene ring substituents is 1. The third-order valence-corrected chi connectivity index (χ3v) is 5.70. The predicted molar refractivity (Wildman–Crippen MR) is 104 cm³/mol. The van der Waals surface area contributed by atoms with E-state index in [1.807, 2.05) is 12.1 Å². The highest BCUT2D eigenvalue weighted by Crippen LogP contribution is 2.32. The summed E-state index contributed by atoms with van der Waals surface area (Å²) in [6.45, 7) is 7.32. The van der Waals surface area contributed by atoms with Gasteiger partial charge in [-0.05, 0) is 24.6 Å². The fraction of sp³-hybridized carbons (Fsp3) is 0.474. The lowest BCUT2D eigenvalue weighted by Gasteiger charge is -2.32. The molecule has 1 atom stereocenters. The molecule has 2 fully saturated rings. The maximum atomic E-state index is 10.9. The third kappa shape index (κ3) is 4.16. The lowest BCUT2D eigenvalue weighted by Crippen LogP contribution is -2.49. The van der Waals surface area contributed by atoms with Gasteiger partial charge >= 0.3 is 0 Å².